The van der Waals surface area contributed by atoms with Crippen LogP contribution >= 0.6 is 0 Å². The fourth-order valence-corrected chi connectivity index (χ4v) is 5.22. The molecular weight excluding hydrogens is 256 g/mol. The lowest BCUT2D eigenvalue weighted by Crippen LogP contribution is -2.74. The monoisotopic (exact) mass is 280 g/mol. The van der Waals surface area contributed by atoms with Crippen LogP contribution in [0.2, 0.25) is 0 Å². The molecule has 4 bridgehead atoms. The maximum atomic E-state index is 12.0. The molecule has 4 aliphatic carbocycles. The molecule has 20 heavy (non-hydrogen) atoms. The van der Waals surface area contributed by atoms with Gasteiger partial charge in [0.25, 0.3) is 0 Å². The Kier molecular flexibility index (Phi) is 2.87. The van der Waals surface area contributed by atoms with E-state index in [2.05, 4.69) is 6.58 Å². The van der Waals surface area contributed by atoms with Crippen molar-refractivity contribution in [3.05, 3.63) is 12.2 Å². The first-order valence-corrected chi connectivity index (χ1v) is 7.57. The molecule has 0 aromatic carbocycles. The van der Waals surface area contributed by atoms with Gasteiger partial charge in [0.15, 0.2) is 0 Å². The van der Waals surface area contributed by atoms with E-state index in [0.717, 1.165) is 12.8 Å². The van der Waals surface area contributed by atoms with Crippen LogP contribution in [0.3, 0.4) is 0 Å². The summed E-state index contributed by atoms with van der Waals surface area (Å²) >= 11 is 0. The van der Waals surface area contributed by atoms with Crippen molar-refractivity contribution < 1.29 is 19.7 Å². The Bertz CT molecular complexity index is 473. The minimum Gasteiger partial charge on any atom is -0.452 e. The van der Waals surface area contributed by atoms with Crippen molar-refractivity contribution in [1.29, 1.82) is 0 Å². The average Bonchev–Trinajstić information content (AvgIpc) is 2.30. The van der Waals surface area contributed by atoms with Crippen LogP contribution in [0.4, 0.5) is 0 Å². The van der Waals surface area contributed by atoms with Gasteiger partial charge in [-0.05, 0) is 44.9 Å². The van der Waals surface area contributed by atoms with E-state index in [1.54, 1.807) is 6.92 Å². The van der Waals surface area contributed by atoms with Crippen LogP contribution in [0, 0.1) is 11.8 Å². The molecule has 5 atom stereocenters. The van der Waals surface area contributed by atoms with Crippen LogP contribution in [-0.2, 0) is 9.53 Å². The summed E-state index contributed by atoms with van der Waals surface area (Å²) < 4.78 is 5.77. The Labute approximate surface area is 119 Å². The predicted octanol–water partition coefficient (Wildman–Crippen LogP) is 1.94. The summed E-state index contributed by atoms with van der Waals surface area (Å²) in [6.45, 7) is 7.21. The summed E-state index contributed by atoms with van der Waals surface area (Å²) in [6, 6.07) is 0. The maximum absolute atomic E-state index is 12.0. The van der Waals surface area contributed by atoms with Gasteiger partial charge in [0, 0.05) is 17.9 Å². The third kappa shape index (κ3) is 1.70. The van der Waals surface area contributed by atoms with Crippen molar-refractivity contribution >= 4 is 5.97 Å². The minimum absolute atomic E-state index is 0.0482. The van der Waals surface area contributed by atoms with Crippen molar-refractivity contribution in [3.63, 3.8) is 0 Å². The number of carbonyl (C=O) groups excluding carboxylic acids is 1. The molecule has 0 aromatic rings. The second kappa shape index (κ2) is 4.08. The number of hydrogen-bond acceptors (Lipinski definition) is 4. The Hall–Kier alpha value is -0.870. The molecule has 2 N–H and O–H groups in total. The molecule has 0 spiro atoms. The molecule has 4 fully saturated rings. The van der Waals surface area contributed by atoms with E-state index in [1.807, 2.05) is 6.92 Å². The molecule has 4 saturated carbocycles. The summed E-state index contributed by atoms with van der Waals surface area (Å²) in [6.07, 6.45) is 3.87. The van der Waals surface area contributed by atoms with Crippen molar-refractivity contribution in [3.8, 4) is 0 Å². The van der Waals surface area contributed by atoms with Gasteiger partial charge in [0.2, 0.25) is 0 Å². The van der Waals surface area contributed by atoms with E-state index in [1.165, 1.54) is 0 Å². The first-order chi connectivity index (χ1) is 9.24. The lowest BCUT2D eigenvalue weighted by atomic mass is 9.45. The summed E-state index contributed by atoms with van der Waals surface area (Å²) in [5.41, 5.74) is -2.36. The SMILES string of the molecule is C=C(C)C(=O)OC1(CC)C2CC3CC(O)(C2)CC1(O)C3. The largest absolute Gasteiger partial charge is 0.452 e. The van der Waals surface area contributed by atoms with Crippen LogP contribution in [0.5, 0.6) is 0 Å². The molecule has 112 valence electrons. The molecule has 0 aliphatic heterocycles. The Morgan fingerprint density at radius 3 is 2.55 bits per heavy atom. The molecule has 0 amide bonds. The summed E-state index contributed by atoms with van der Waals surface area (Å²) in [4.78, 5) is 12.0. The Morgan fingerprint density at radius 2 is 2.05 bits per heavy atom. The van der Waals surface area contributed by atoms with Gasteiger partial charge in [0.1, 0.15) is 11.2 Å². The maximum Gasteiger partial charge on any atom is 0.333 e. The smallest absolute Gasteiger partial charge is 0.333 e. The van der Waals surface area contributed by atoms with E-state index in [0.29, 0.717) is 37.2 Å². The third-order valence-electron chi connectivity index (χ3n) is 5.76. The Balaban J connectivity index is 1.99. The normalized spacial score (nSPS) is 49.2. The standard InChI is InChI=1S/C16H24O4/c1-4-16(20-13(17)10(2)3)12-5-11-6-14(18,8-12)9-15(16,19)7-11/h11-12,18-19H,2,4-9H2,1,3H3. The molecule has 0 radical (unpaired) electrons. The van der Waals surface area contributed by atoms with Gasteiger partial charge in [-0.25, -0.2) is 4.79 Å². The number of esters is 1. The van der Waals surface area contributed by atoms with Crippen molar-refractivity contribution in [2.45, 2.75) is 69.2 Å². The molecular formula is C16H24O4. The topological polar surface area (TPSA) is 66.8 Å². The van der Waals surface area contributed by atoms with E-state index >= 15 is 0 Å². The molecule has 0 aromatic heterocycles. The van der Waals surface area contributed by atoms with Crippen LogP contribution in [0.1, 0.15) is 52.4 Å². The highest BCUT2D eigenvalue weighted by molar-refractivity contribution is 5.87. The highest BCUT2D eigenvalue weighted by atomic mass is 16.6. The van der Waals surface area contributed by atoms with E-state index < -0.39 is 22.8 Å². The number of rotatable bonds is 3. The third-order valence-corrected chi connectivity index (χ3v) is 5.76. The van der Waals surface area contributed by atoms with Crippen LogP contribution < -0.4 is 0 Å². The first-order valence-electron chi connectivity index (χ1n) is 7.57. The first kappa shape index (κ1) is 14.1. The van der Waals surface area contributed by atoms with Crippen LogP contribution in [-0.4, -0.2) is 33.0 Å². The number of hydrogen-bond donors (Lipinski definition) is 2. The zero-order valence-electron chi connectivity index (χ0n) is 12.3. The fraction of sp³-hybridized carbons (Fsp3) is 0.812. The lowest BCUT2D eigenvalue weighted by Gasteiger charge is -2.66. The Morgan fingerprint density at radius 1 is 1.35 bits per heavy atom. The number of ether oxygens (including phenoxy) is 1. The lowest BCUT2D eigenvalue weighted by molar-refractivity contribution is -0.305. The number of carbonyl (C=O) groups is 1. The van der Waals surface area contributed by atoms with Crippen molar-refractivity contribution in [1.82, 2.24) is 0 Å². The van der Waals surface area contributed by atoms with Crippen molar-refractivity contribution in [2.24, 2.45) is 11.8 Å². The van der Waals surface area contributed by atoms with Gasteiger partial charge >= 0.3 is 5.97 Å². The molecule has 4 nitrogen and oxygen atoms in total. The van der Waals surface area contributed by atoms with Gasteiger partial charge in [-0.1, -0.05) is 13.5 Å². The fourth-order valence-electron chi connectivity index (χ4n) is 5.22. The minimum atomic E-state index is -1.09. The number of aliphatic hydroxyl groups is 2. The van der Waals surface area contributed by atoms with Crippen LogP contribution in [0.25, 0.3) is 0 Å². The summed E-state index contributed by atoms with van der Waals surface area (Å²) in [7, 11) is 0. The zero-order chi connectivity index (χ0) is 14.8. The quantitative estimate of drug-likeness (QED) is 0.612. The average molecular weight is 280 g/mol. The molecule has 4 rings (SSSR count). The van der Waals surface area contributed by atoms with Crippen LogP contribution in [0.15, 0.2) is 12.2 Å². The second-order valence-corrected chi connectivity index (χ2v) is 7.26. The summed E-state index contributed by atoms with van der Waals surface area (Å²) in [5, 5.41) is 21.8. The molecule has 0 heterocycles. The molecule has 5 unspecified atom stereocenters. The van der Waals surface area contributed by atoms with Gasteiger partial charge in [-0.3, -0.25) is 0 Å². The molecule has 0 saturated heterocycles. The van der Waals surface area contributed by atoms with Gasteiger partial charge in [-0.15, -0.1) is 0 Å². The molecule has 4 heteroatoms. The molecule has 4 aliphatic rings. The van der Waals surface area contributed by atoms with Gasteiger partial charge in [-0.2, -0.15) is 0 Å². The van der Waals surface area contributed by atoms with E-state index in [-0.39, 0.29) is 5.92 Å². The highest BCUT2D eigenvalue weighted by Crippen LogP contribution is 2.63. The van der Waals surface area contributed by atoms with Gasteiger partial charge in [0.05, 0.1) is 5.60 Å². The van der Waals surface area contributed by atoms with E-state index in [4.69, 9.17) is 4.74 Å². The summed E-state index contributed by atoms with van der Waals surface area (Å²) in [5.74, 6) is -0.0347. The van der Waals surface area contributed by atoms with Crippen molar-refractivity contribution in [2.75, 3.05) is 0 Å². The second-order valence-electron chi connectivity index (χ2n) is 7.26. The van der Waals surface area contributed by atoms with Gasteiger partial charge < -0.3 is 14.9 Å². The predicted molar refractivity (Wildman–Crippen MR) is 73.9 cm³/mol. The van der Waals surface area contributed by atoms with E-state index in [9.17, 15) is 15.0 Å². The zero-order valence-corrected chi connectivity index (χ0v) is 12.3. The highest BCUT2D eigenvalue weighted by Gasteiger charge is 2.70.